The molecule has 0 radical (unpaired) electrons. The first-order valence-electron chi connectivity index (χ1n) is 4.82. The van der Waals surface area contributed by atoms with Crippen LogP contribution in [0.3, 0.4) is 0 Å². The maximum absolute atomic E-state index is 9.56. The fraction of sp³-hybridized carbons (Fsp3) is 0.364. The Hall–Kier alpha value is -2.11. The third-order valence-corrected chi connectivity index (χ3v) is 2.09. The molecule has 0 aliphatic heterocycles. The molecule has 82 valence electrons. The van der Waals surface area contributed by atoms with Crippen LogP contribution < -0.4 is 4.90 Å². The molecule has 5 heteroatoms. The minimum absolute atomic E-state index is 0.0737. The molecular weight excluding hydrogens is 204 g/mol. The Labute approximate surface area is 94.2 Å². The smallest absolute Gasteiger partial charge is 0.136 e. The molecule has 0 amide bonds. The van der Waals surface area contributed by atoms with Gasteiger partial charge in [-0.25, -0.2) is 4.98 Å². The Bertz CT molecular complexity index is 414. The minimum atomic E-state index is -0.677. The maximum atomic E-state index is 9.56. The van der Waals surface area contributed by atoms with Gasteiger partial charge >= 0.3 is 0 Å². The summed E-state index contributed by atoms with van der Waals surface area (Å²) in [6, 6.07) is 7.38. The fourth-order valence-electron chi connectivity index (χ4n) is 1.38. The van der Waals surface area contributed by atoms with Gasteiger partial charge in [-0.05, 0) is 13.0 Å². The summed E-state index contributed by atoms with van der Waals surface area (Å²) in [4.78, 5) is 5.63. The summed E-state index contributed by atoms with van der Waals surface area (Å²) in [5, 5.41) is 26.9. The Morgan fingerprint density at radius 3 is 2.56 bits per heavy atom. The SMILES string of the molecule is C[C@H](O)c1cccnc1N(CC#N)CC#N. The Balaban J connectivity index is 3.09. The van der Waals surface area contributed by atoms with Gasteiger partial charge in [0, 0.05) is 11.8 Å². The molecule has 5 nitrogen and oxygen atoms in total. The van der Waals surface area contributed by atoms with Gasteiger partial charge in [0.25, 0.3) is 0 Å². The van der Waals surface area contributed by atoms with Crippen molar-refractivity contribution in [1.29, 1.82) is 10.5 Å². The van der Waals surface area contributed by atoms with Gasteiger partial charge in [-0.2, -0.15) is 10.5 Å². The maximum Gasteiger partial charge on any atom is 0.136 e. The first-order valence-corrected chi connectivity index (χ1v) is 4.82. The van der Waals surface area contributed by atoms with Crippen LogP contribution in [0.5, 0.6) is 0 Å². The lowest BCUT2D eigenvalue weighted by molar-refractivity contribution is 0.199. The summed E-state index contributed by atoms with van der Waals surface area (Å²) < 4.78 is 0. The highest BCUT2D eigenvalue weighted by Gasteiger charge is 2.14. The predicted molar refractivity (Wildman–Crippen MR) is 58.3 cm³/mol. The van der Waals surface area contributed by atoms with E-state index in [9.17, 15) is 5.11 Å². The average molecular weight is 216 g/mol. The third-order valence-electron chi connectivity index (χ3n) is 2.09. The second-order valence-corrected chi connectivity index (χ2v) is 3.26. The summed E-state index contributed by atoms with van der Waals surface area (Å²) in [6.45, 7) is 1.77. The van der Waals surface area contributed by atoms with E-state index in [1.807, 2.05) is 12.1 Å². The summed E-state index contributed by atoms with van der Waals surface area (Å²) in [7, 11) is 0. The molecule has 0 aromatic carbocycles. The molecule has 0 saturated heterocycles. The van der Waals surface area contributed by atoms with E-state index in [0.717, 1.165) is 0 Å². The van der Waals surface area contributed by atoms with E-state index in [-0.39, 0.29) is 13.1 Å². The largest absolute Gasteiger partial charge is 0.389 e. The zero-order valence-electron chi connectivity index (χ0n) is 8.96. The molecule has 1 aromatic rings. The van der Waals surface area contributed by atoms with Crippen molar-refractivity contribution in [3.05, 3.63) is 23.9 Å². The Morgan fingerprint density at radius 1 is 1.44 bits per heavy atom. The molecule has 0 bridgehead atoms. The summed E-state index contributed by atoms with van der Waals surface area (Å²) in [5.74, 6) is 0.487. The van der Waals surface area contributed by atoms with Crippen molar-refractivity contribution in [2.24, 2.45) is 0 Å². The second kappa shape index (κ2) is 5.69. The lowest BCUT2D eigenvalue weighted by atomic mass is 10.1. The van der Waals surface area contributed by atoms with E-state index < -0.39 is 6.10 Å². The fourth-order valence-corrected chi connectivity index (χ4v) is 1.38. The van der Waals surface area contributed by atoms with E-state index in [1.54, 1.807) is 25.3 Å². The first-order chi connectivity index (χ1) is 7.70. The number of hydrogen-bond acceptors (Lipinski definition) is 5. The number of aliphatic hydroxyl groups is 1. The monoisotopic (exact) mass is 216 g/mol. The van der Waals surface area contributed by atoms with Crippen LogP contribution in [0.4, 0.5) is 5.82 Å². The standard InChI is InChI=1S/C11H12N4O/c1-9(16)10-3-2-6-14-11(10)15(7-4-12)8-5-13/h2-3,6,9,16H,7-8H2,1H3/t9-/m0/s1. The quantitative estimate of drug-likeness (QED) is 0.758. The second-order valence-electron chi connectivity index (χ2n) is 3.26. The number of anilines is 1. The van der Waals surface area contributed by atoms with E-state index >= 15 is 0 Å². The van der Waals surface area contributed by atoms with Gasteiger partial charge in [0.05, 0.1) is 18.2 Å². The number of nitrogens with zero attached hydrogens (tertiary/aromatic N) is 4. The molecular formula is C11H12N4O. The molecule has 1 atom stereocenters. The number of aliphatic hydroxyl groups excluding tert-OH is 1. The van der Waals surface area contributed by atoms with Gasteiger partial charge in [0.1, 0.15) is 18.9 Å². The summed E-state index contributed by atoms with van der Waals surface area (Å²) in [5.41, 5.74) is 0.619. The summed E-state index contributed by atoms with van der Waals surface area (Å²) in [6.07, 6.45) is 0.895. The van der Waals surface area contributed by atoms with Gasteiger partial charge in [-0.1, -0.05) is 6.07 Å². The van der Waals surface area contributed by atoms with Crippen LogP contribution in [0.2, 0.25) is 0 Å². The number of pyridine rings is 1. The molecule has 1 aromatic heterocycles. The summed E-state index contributed by atoms with van der Waals surface area (Å²) >= 11 is 0. The van der Waals surface area contributed by atoms with Crippen LogP contribution in [0, 0.1) is 22.7 Å². The van der Waals surface area contributed by atoms with Gasteiger partial charge < -0.3 is 10.0 Å². The lowest BCUT2D eigenvalue weighted by Gasteiger charge is -2.21. The van der Waals surface area contributed by atoms with Crippen molar-refractivity contribution in [2.75, 3.05) is 18.0 Å². The normalized spacial score (nSPS) is 11.2. The number of rotatable bonds is 4. The van der Waals surface area contributed by atoms with Gasteiger partial charge in [0.2, 0.25) is 0 Å². The van der Waals surface area contributed by atoms with Crippen LogP contribution in [0.1, 0.15) is 18.6 Å². The Kier molecular flexibility index (Phi) is 4.26. The minimum Gasteiger partial charge on any atom is -0.389 e. The van der Waals surface area contributed by atoms with Crippen molar-refractivity contribution in [1.82, 2.24) is 4.98 Å². The van der Waals surface area contributed by atoms with Crippen LogP contribution in [0.25, 0.3) is 0 Å². The van der Waals surface area contributed by atoms with Crippen LogP contribution in [-0.4, -0.2) is 23.2 Å². The molecule has 0 fully saturated rings. The van der Waals surface area contributed by atoms with E-state index in [1.165, 1.54) is 4.90 Å². The first kappa shape index (κ1) is 12.0. The highest BCUT2D eigenvalue weighted by Crippen LogP contribution is 2.22. The highest BCUT2D eigenvalue weighted by atomic mass is 16.3. The van der Waals surface area contributed by atoms with Crippen molar-refractivity contribution >= 4 is 5.82 Å². The van der Waals surface area contributed by atoms with Crippen LogP contribution in [-0.2, 0) is 0 Å². The zero-order valence-corrected chi connectivity index (χ0v) is 8.96. The Morgan fingerprint density at radius 2 is 2.06 bits per heavy atom. The van der Waals surface area contributed by atoms with Gasteiger partial charge in [-0.3, -0.25) is 0 Å². The molecule has 0 aliphatic carbocycles. The highest BCUT2D eigenvalue weighted by molar-refractivity contribution is 5.49. The van der Waals surface area contributed by atoms with Crippen LogP contribution >= 0.6 is 0 Å². The van der Waals surface area contributed by atoms with E-state index in [4.69, 9.17) is 10.5 Å². The molecule has 0 unspecified atom stereocenters. The zero-order chi connectivity index (χ0) is 12.0. The average Bonchev–Trinajstić information content (AvgIpc) is 2.29. The van der Waals surface area contributed by atoms with E-state index in [0.29, 0.717) is 11.4 Å². The molecule has 0 aliphatic rings. The molecule has 1 N–H and O–H groups in total. The van der Waals surface area contributed by atoms with Crippen molar-refractivity contribution in [2.45, 2.75) is 13.0 Å². The molecule has 16 heavy (non-hydrogen) atoms. The number of aromatic nitrogens is 1. The van der Waals surface area contributed by atoms with Crippen molar-refractivity contribution in [3.8, 4) is 12.1 Å². The van der Waals surface area contributed by atoms with E-state index in [2.05, 4.69) is 4.98 Å². The molecule has 0 saturated carbocycles. The van der Waals surface area contributed by atoms with Crippen LogP contribution in [0.15, 0.2) is 18.3 Å². The number of nitriles is 2. The number of hydrogen-bond donors (Lipinski definition) is 1. The third kappa shape index (κ3) is 2.69. The topological polar surface area (TPSA) is 83.9 Å². The molecule has 0 spiro atoms. The molecule has 1 rings (SSSR count). The van der Waals surface area contributed by atoms with Gasteiger partial charge in [0.15, 0.2) is 0 Å². The van der Waals surface area contributed by atoms with Crippen molar-refractivity contribution < 1.29 is 5.11 Å². The van der Waals surface area contributed by atoms with Crippen molar-refractivity contribution in [3.63, 3.8) is 0 Å². The molecule has 1 heterocycles. The lowest BCUT2D eigenvalue weighted by Crippen LogP contribution is -2.26. The van der Waals surface area contributed by atoms with Gasteiger partial charge in [-0.15, -0.1) is 0 Å². The predicted octanol–water partition coefficient (Wildman–Crippen LogP) is 0.988.